The maximum atomic E-state index is 13.1. The van der Waals surface area contributed by atoms with Crippen LogP contribution in [0.1, 0.15) is 51.3 Å². The molecule has 0 saturated carbocycles. The van der Waals surface area contributed by atoms with E-state index in [2.05, 4.69) is 10.3 Å². The van der Waals surface area contributed by atoms with E-state index < -0.39 is 11.7 Å². The summed E-state index contributed by atoms with van der Waals surface area (Å²) in [6, 6.07) is 16.5. The van der Waals surface area contributed by atoms with E-state index in [-0.39, 0.29) is 24.1 Å². The third-order valence-electron chi connectivity index (χ3n) is 5.43. The summed E-state index contributed by atoms with van der Waals surface area (Å²) in [5.41, 5.74) is 3.46. The van der Waals surface area contributed by atoms with E-state index in [1.165, 1.54) is 12.4 Å². The second kappa shape index (κ2) is 8.49. The molecule has 4 nitrogen and oxygen atoms in total. The van der Waals surface area contributed by atoms with E-state index in [0.717, 1.165) is 28.8 Å². The zero-order valence-electron chi connectivity index (χ0n) is 17.6. The van der Waals surface area contributed by atoms with E-state index in [0.29, 0.717) is 11.1 Å². The van der Waals surface area contributed by atoms with Crippen molar-refractivity contribution >= 4 is 11.4 Å². The molecular formula is C25H22F3N3O. The van der Waals surface area contributed by atoms with Crippen molar-refractivity contribution in [1.82, 2.24) is 14.7 Å². The van der Waals surface area contributed by atoms with Gasteiger partial charge in [0.2, 0.25) is 0 Å². The zero-order valence-corrected chi connectivity index (χ0v) is 17.6. The molecule has 1 amide bonds. The molecule has 0 spiro atoms. The average molecular weight is 437 g/mol. The number of fused-ring (bicyclic) bond motifs is 1. The second-order valence-corrected chi connectivity index (χ2v) is 7.86. The molecule has 0 aliphatic rings. The third-order valence-corrected chi connectivity index (χ3v) is 5.43. The molecule has 4 rings (SSSR count). The standard InChI is InChI=1S/C25H22F3N3O/c1-16-8-10-19(11-9-16)17(2)30-24(32)22-23-20(6-4-12-31(23)15-29-22)13-18-5-3-7-21(14-18)25(26,27)28/h3-12,14-15,17H,13H2,1-2H3,(H,30,32)/t17-/m0/s1. The number of hydrogen-bond donors (Lipinski definition) is 1. The molecule has 2 aromatic heterocycles. The smallest absolute Gasteiger partial charge is 0.344 e. The molecular weight excluding hydrogens is 415 g/mol. The van der Waals surface area contributed by atoms with Gasteiger partial charge in [-0.2, -0.15) is 13.2 Å². The SMILES string of the molecule is Cc1ccc([C@H](C)NC(=O)c2ncn3cccc(Cc4cccc(C(F)(F)F)c4)c23)cc1. The Morgan fingerprint density at radius 1 is 1.09 bits per heavy atom. The predicted molar refractivity (Wildman–Crippen MR) is 117 cm³/mol. The van der Waals surface area contributed by atoms with Gasteiger partial charge in [0, 0.05) is 6.20 Å². The predicted octanol–water partition coefficient (Wildman–Crippen LogP) is 5.74. The van der Waals surface area contributed by atoms with Crippen molar-refractivity contribution in [3.8, 4) is 0 Å². The average Bonchev–Trinajstić information content (AvgIpc) is 3.19. The van der Waals surface area contributed by atoms with E-state index in [1.807, 2.05) is 38.1 Å². The molecule has 0 aliphatic heterocycles. The molecule has 4 aromatic rings. The summed E-state index contributed by atoms with van der Waals surface area (Å²) in [6.45, 7) is 3.89. The molecule has 0 aliphatic carbocycles. The number of carbonyl (C=O) groups is 1. The summed E-state index contributed by atoms with van der Waals surface area (Å²) in [5, 5.41) is 2.97. The number of hydrogen-bond acceptors (Lipinski definition) is 2. The number of benzene rings is 2. The van der Waals surface area contributed by atoms with E-state index >= 15 is 0 Å². The number of aryl methyl sites for hydroxylation is 1. The molecule has 1 atom stereocenters. The summed E-state index contributed by atoms with van der Waals surface area (Å²) in [5.74, 6) is -0.336. The van der Waals surface area contributed by atoms with E-state index in [1.54, 1.807) is 28.8 Å². The summed E-state index contributed by atoms with van der Waals surface area (Å²) < 4.78 is 41.0. The monoisotopic (exact) mass is 437 g/mol. The lowest BCUT2D eigenvalue weighted by Crippen LogP contribution is -2.27. The Labute approximate surface area is 183 Å². The van der Waals surface area contributed by atoms with Crippen molar-refractivity contribution in [1.29, 1.82) is 0 Å². The van der Waals surface area contributed by atoms with Crippen molar-refractivity contribution in [2.75, 3.05) is 0 Å². The van der Waals surface area contributed by atoms with Crippen LogP contribution >= 0.6 is 0 Å². The van der Waals surface area contributed by atoms with Crippen LogP contribution in [-0.2, 0) is 12.6 Å². The Balaban J connectivity index is 1.63. The number of nitrogens with zero attached hydrogens (tertiary/aromatic N) is 2. The molecule has 0 bridgehead atoms. The van der Waals surface area contributed by atoms with Crippen LogP contribution in [0.5, 0.6) is 0 Å². The highest BCUT2D eigenvalue weighted by atomic mass is 19.4. The fraction of sp³-hybridized carbons (Fsp3) is 0.200. The van der Waals surface area contributed by atoms with Crippen LogP contribution in [0, 0.1) is 6.92 Å². The van der Waals surface area contributed by atoms with Gasteiger partial charge in [-0.1, -0.05) is 54.1 Å². The fourth-order valence-corrected chi connectivity index (χ4v) is 3.71. The topological polar surface area (TPSA) is 46.4 Å². The molecule has 164 valence electrons. The maximum absolute atomic E-state index is 13.1. The minimum absolute atomic E-state index is 0.226. The summed E-state index contributed by atoms with van der Waals surface area (Å²) >= 11 is 0. The van der Waals surface area contributed by atoms with Gasteiger partial charge in [-0.25, -0.2) is 4.98 Å². The highest BCUT2D eigenvalue weighted by Crippen LogP contribution is 2.30. The van der Waals surface area contributed by atoms with Crippen LogP contribution in [-0.4, -0.2) is 15.3 Å². The molecule has 32 heavy (non-hydrogen) atoms. The van der Waals surface area contributed by atoms with E-state index in [4.69, 9.17) is 0 Å². The fourth-order valence-electron chi connectivity index (χ4n) is 3.71. The summed E-state index contributed by atoms with van der Waals surface area (Å²) in [6.07, 6.45) is -0.863. The number of rotatable bonds is 5. The lowest BCUT2D eigenvalue weighted by molar-refractivity contribution is -0.137. The number of amides is 1. The Bertz CT molecular complexity index is 1260. The van der Waals surface area contributed by atoms with Crippen LogP contribution in [0.25, 0.3) is 5.52 Å². The first-order chi connectivity index (χ1) is 15.2. The Morgan fingerprint density at radius 3 is 2.56 bits per heavy atom. The highest BCUT2D eigenvalue weighted by molar-refractivity contribution is 6.00. The lowest BCUT2D eigenvalue weighted by atomic mass is 10.0. The summed E-state index contributed by atoms with van der Waals surface area (Å²) in [7, 11) is 0. The quantitative estimate of drug-likeness (QED) is 0.433. The first kappa shape index (κ1) is 21.6. The van der Waals surface area contributed by atoms with Crippen molar-refractivity contribution in [2.45, 2.75) is 32.5 Å². The van der Waals surface area contributed by atoms with Gasteiger partial charge < -0.3 is 9.72 Å². The first-order valence-corrected chi connectivity index (χ1v) is 10.2. The molecule has 0 fully saturated rings. The Hall–Kier alpha value is -3.61. The maximum Gasteiger partial charge on any atom is 0.416 e. The van der Waals surface area contributed by atoms with Gasteiger partial charge in [-0.15, -0.1) is 0 Å². The molecule has 0 radical (unpaired) electrons. The van der Waals surface area contributed by atoms with Crippen LogP contribution in [0.4, 0.5) is 13.2 Å². The van der Waals surface area contributed by atoms with Crippen molar-refractivity contribution in [2.24, 2.45) is 0 Å². The molecule has 2 aromatic carbocycles. The number of halogens is 3. The number of alkyl halides is 3. The largest absolute Gasteiger partial charge is 0.416 e. The van der Waals surface area contributed by atoms with Gasteiger partial charge in [0.1, 0.15) is 6.33 Å². The Morgan fingerprint density at radius 2 is 1.84 bits per heavy atom. The van der Waals surface area contributed by atoms with Gasteiger partial charge in [0.05, 0.1) is 17.1 Å². The number of aromatic nitrogens is 2. The molecule has 7 heteroatoms. The highest BCUT2D eigenvalue weighted by Gasteiger charge is 2.30. The number of pyridine rings is 1. The van der Waals surface area contributed by atoms with Crippen LogP contribution < -0.4 is 5.32 Å². The van der Waals surface area contributed by atoms with Gasteiger partial charge >= 0.3 is 6.18 Å². The lowest BCUT2D eigenvalue weighted by Gasteiger charge is -2.14. The summed E-state index contributed by atoms with van der Waals surface area (Å²) in [4.78, 5) is 17.3. The second-order valence-electron chi connectivity index (χ2n) is 7.86. The normalized spacial score (nSPS) is 12.7. The molecule has 0 saturated heterocycles. The van der Waals surface area contributed by atoms with Crippen LogP contribution in [0.2, 0.25) is 0 Å². The van der Waals surface area contributed by atoms with Crippen molar-refractivity contribution in [3.63, 3.8) is 0 Å². The van der Waals surface area contributed by atoms with Gasteiger partial charge in [-0.3, -0.25) is 4.79 Å². The third kappa shape index (κ3) is 4.51. The van der Waals surface area contributed by atoms with Crippen LogP contribution in [0.3, 0.4) is 0 Å². The van der Waals surface area contributed by atoms with Gasteiger partial charge in [0.15, 0.2) is 5.69 Å². The number of carbonyl (C=O) groups excluding carboxylic acids is 1. The zero-order chi connectivity index (χ0) is 22.9. The van der Waals surface area contributed by atoms with Crippen LogP contribution in [0.15, 0.2) is 73.2 Å². The van der Waals surface area contributed by atoms with E-state index in [9.17, 15) is 18.0 Å². The van der Waals surface area contributed by atoms with Crippen molar-refractivity contribution in [3.05, 3.63) is 107 Å². The number of imidazole rings is 1. The molecule has 1 N–H and O–H groups in total. The first-order valence-electron chi connectivity index (χ1n) is 10.2. The molecule has 0 unspecified atom stereocenters. The minimum atomic E-state index is -4.41. The van der Waals surface area contributed by atoms with Gasteiger partial charge in [0.25, 0.3) is 5.91 Å². The minimum Gasteiger partial charge on any atom is -0.344 e. The Kier molecular flexibility index (Phi) is 5.74. The molecule has 2 heterocycles. The number of nitrogens with one attached hydrogen (secondary N) is 1. The van der Waals surface area contributed by atoms with Gasteiger partial charge in [-0.05, 0) is 49.1 Å². The van der Waals surface area contributed by atoms with Crippen molar-refractivity contribution < 1.29 is 18.0 Å².